The molecule has 0 aliphatic carbocycles. The zero-order chi connectivity index (χ0) is 48.8. The molecule has 0 spiro atoms. The monoisotopic (exact) mass is 933 g/mol. The average molecular weight is 933 g/mol. The van der Waals surface area contributed by atoms with Gasteiger partial charge in [-0.1, -0.05) is 39.8 Å². The molecular weight excluding hydrogens is 865 g/mol. The van der Waals surface area contributed by atoms with Crippen molar-refractivity contribution in [1.82, 2.24) is 40.4 Å². The number of aromatic nitrogens is 2. The van der Waals surface area contributed by atoms with Gasteiger partial charge in [0.2, 0.25) is 17.7 Å². The molecule has 364 valence electrons. The molecule has 3 fully saturated rings. The molecule has 68 heavy (non-hydrogen) atoms. The molecule has 0 saturated carbocycles. The summed E-state index contributed by atoms with van der Waals surface area (Å²) in [4.78, 5) is 78.6. The Kier molecular flexibility index (Phi) is 14.0. The fourth-order valence-corrected chi connectivity index (χ4v) is 10.7. The lowest BCUT2D eigenvalue weighted by molar-refractivity contribution is -0.155. The van der Waals surface area contributed by atoms with Gasteiger partial charge in [-0.3, -0.25) is 34.0 Å². The number of cyclic esters (lactones) is 1. The van der Waals surface area contributed by atoms with Crippen molar-refractivity contribution in [3.05, 3.63) is 71.5 Å². The van der Waals surface area contributed by atoms with Crippen LogP contribution in [0.4, 0.5) is 0 Å². The third-order valence-electron chi connectivity index (χ3n) is 14.4. The molecule has 3 saturated heterocycles. The molecule has 16 heteroatoms. The van der Waals surface area contributed by atoms with Gasteiger partial charge in [0.15, 0.2) is 0 Å². The van der Waals surface area contributed by atoms with Crippen LogP contribution < -0.4 is 16.1 Å². The van der Waals surface area contributed by atoms with Crippen molar-refractivity contribution in [2.24, 2.45) is 17.3 Å². The highest BCUT2D eigenvalue weighted by molar-refractivity contribution is 5.96. The Labute approximate surface area is 399 Å². The number of hydrogen-bond donors (Lipinski definition) is 4. The Morgan fingerprint density at radius 3 is 2.53 bits per heavy atom. The third-order valence-corrected chi connectivity index (χ3v) is 14.4. The van der Waals surface area contributed by atoms with Crippen LogP contribution in [0.25, 0.3) is 33.3 Å². The first-order valence-electron chi connectivity index (χ1n) is 24.2. The predicted octanol–water partition coefficient (Wildman–Crippen LogP) is 5.14. The van der Waals surface area contributed by atoms with E-state index in [4.69, 9.17) is 14.5 Å². The standard InChI is InChI=1S/C52H68N8O8/c1-10-58-43-16-15-33-25-38(43)39(46(58)37-13-11-18-53-44(37)31(5)67-9)26-52(6,7)28-68-51(66)40-14-12-19-60(56-40)50(65)41(23-32-21-34(33)24-35(61)22-32)55-47(62)45(29(2)3)57(8)48(63)36-17-20-59(30(36)4)49(64)42-27-54-42/h11,13,15-16,18,21-22,24-25,29-31,36,40-42,45,54,56,61H,10,12,14,17,19-20,23,26-28H2,1-9H3,(H,55,62)/t30-,31+,36-,40+,41+,42+,45?/m1/s1. The van der Waals surface area contributed by atoms with Crippen LogP contribution in [0.15, 0.2) is 54.7 Å². The highest BCUT2D eigenvalue weighted by atomic mass is 16.5. The largest absolute Gasteiger partial charge is 0.508 e. The summed E-state index contributed by atoms with van der Waals surface area (Å²) in [5.41, 5.74) is 9.57. The van der Waals surface area contributed by atoms with Gasteiger partial charge in [0, 0.05) is 80.9 Å². The molecule has 1 unspecified atom stereocenters. The van der Waals surface area contributed by atoms with E-state index in [2.05, 4.69) is 59.6 Å². The molecule has 6 heterocycles. The number of pyridine rings is 1. The highest BCUT2D eigenvalue weighted by Gasteiger charge is 2.46. The van der Waals surface area contributed by atoms with Gasteiger partial charge in [-0.25, -0.2) is 5.43 Å². The van der Waals surface area contributed by atoms with Crippen molar-refractivity contribution >= 4 is 40.5 Å². The minimum atomic E-state index is -1.16. The van der Waals surface area contributed by atoms with Crippen LogP contribution in [0.3, 0.4) is 0 Å². The number of aromatic hydroxyl groups is 1. The molecule has 4 aliphatic heterocycles. The van der Waals surface area contributed by atoms with Crippen LogP contribution in [0, 0.1) is 17.3 Å². The van der Waals surface area contributed by atoms with E-state index >= 15 is 0 Å². The number of fused-ring (bicyclic) bond motifs is 6. The predicted molar refractivity (Wildman–Crippen MR) is 258 cm³/mol. The Morgan fingerprint density at radius 2 is 1.82 bits per heavy atom. The lowest BCUT2D eigenvalue weighted by Crippen LogP contribution is -2.62. The number of phenolic OH excluding ortho intramolecular Hbond substituents is 1. The van der Waals surface area contributed by atoms with Gasteiger partial charge >= 0.3 is 5.97 Å². The number of ether oxygens (including phenoxy) is 2. The number of carbonyl (C=O) groups is 5. The van der Waals surface area contributed by atoms with Crippen molar-refractivity contribution < 1.29 is 38.6 Å². The number of aryl methyl sites for hydroxylation is 1. The summed E-state index contributed by atoms with van der Waals surface area (Å²) in [6.45, 7) is 16.0. The lowest BCUT2D eigenvalue weighted by atomic mass is 9.84. The number of benzene rings is 2. The number of likely N-dealkylation sites (N-methyl/N-ethyl adjacent to an activating group) is 1. The van der Waals surface area contributed by atoms with Gasteiger partial charge in [0.1, 0.15) is 23.9 Å². The maximum atomic E-state index is 14.8. The second-order valence-corrected chi connectivity index (χ2v) is 20.3. The number of amides is 4. The molecule has 2 aromatic carbocycles. The van der Waals surface area contributed by atoms with Gasteiger partial charge in [0.05, 0.1) is 36.1 Å². The minimum Gasteiger partial charge on any atom is -0.508 e. The minimum absolute atomic E-state index is 0.00676. The van der Waals surface area contributed by atoms with E-state index in [-0.39, 0.29) is 61.2 Å². The zero-order valence-corrected chi connectivity index (χ0v) is 40.9. The SMILES string of the molecule is CCn1c(-c2cccnc2[C@H](C)OC)c2c3cc(ccc31)-c1cc(O)cc(c1)C[C@H](NC(=O)C(C(C)C)N(C)C(=O)[C@@H]1CCN(C(=O)[C@@H]3CN3)[C@@H]1C)C(=O)N1CCC[C@H](N1)C(=O)OCC(C)(C)C2. The smallest absolute Gasteiger partial charge is 0.324 e. The number of phenols is 1. The number of likely N-dealkylation sites (tertiary alicyclic amines) is 1. The number of methoxy groups -OCH3 is 1. The quantitative estimate of drug-likeness (QED) is 0.121. The molecule has 4 aliphatic rings. The molecule has 6 bridgehead atoms. The molecule has 0 radical (unpaired) electrons. The van der Waals surface area contributed by atoms with E-state index in [0.29, 0.717) is 50.9 Å². The van der Waals surface area contributed by atoms with E-state index in [1.165, 1.54) is 9.91 Å². The number of esters is 1. The molecular formula is C52H68N8O8. The van der Waals surface area contributed by atoms with E-state index in [1.54, 1.807) is 37.4 Å². The number of rotatable bonds is 10. The van der Waals surface area contributed by atoms with E-state index in [0.717, 1.165) is 44.5 Å². The van der Waals surface area contributed by atoms with E-state index in [9.17, 15) is 29.1 Å². The maximum absolute atomic E-state index is 14.8. The summed E-state index contributed by atoms with van der Waals surface area (Å²) < 4.78 is 14.2. The lowest BCUT2D eigenvalue weighted by Gasteiger charge is -2.37. The first kappa shape index (κ1) is 48.6. The van der Waals surface area contributed by atoms with E-state index in [1.807, 2.05) is 45.9 Å². The molecule has 7 atom stereocenters. The van der Waals surface area contributed by atoms with Gasteiger partial charge in [-0.15, -0.1) is 0 Å². The van der Waals surface area contributed by atoms with Crippen LogP contribution in [0.5, 0.6) is 5.75 Å². The summed E-state index contributed by atoms with van der Waals surface area (Å²) in [7, 11) is 3.28. The molecule has 8 rings (SSSR count). The maximum Gasteiger partial charge on any atom is 0.324 e. The van der Waals surface area contributed by atoms with Gasteiger partial charge in [-0.05, 0) is 111 Å². The fraction of sp³-hybridized carbons (Fsp3) is 0.538. The summed E-state index contributed by atoms with van der Waals surface area (Å²) >= 11 is 0. The zero-order valence-electron chi connectivity index (χ0n) is 40.9. The van der Waals surface area contributed by atoms with Gasteiger partial charge in [0.25, 0.3) is 5.91 Å². The average Bonchev–Trinajstić information content (AvgIpc) is 4.04. The summed E-state index contributed by atoms with van der Waals surface area (Å²) in [6.07, 6.45) is 3.46. The Bertz CT molecular complexity index is 2590. The van der Waals surface area contributed by atoms with Crippen molar-refractivity contribution in [2.75, 3.05) is 40.4 Å². The molecule has 4 amide bonds. The number of hydrogen-bond acceptors (Lipinski definition) is 11. The van der Waals surface area contributed by atoms with Crippen molar-refractivity contribution in [2.45, 2.75) is 123 Å². The summed E-state index contributed by atoms with van der Waals surface area (Å²) in [5, 5.41) is 19.8. The Balaban J connectivity index is 1.18. The Morgan fingerprint density at radius 1 is 1.06 bits per heavy atom. The van der Waals surface area contributed by atoms with Crippen LogP contribution in [-0.4, -0.2) is 130 Å². The van der Waals surface area contributed by atoms with Crippen LogP contribution in [-0.2, 0) is 52.8 Å². The highest BCUT2D eigenvalue weighted by Crippen LogP contribution is 2.42. The van der Waals surface area contributed by atoms with Crippen LogP contribution >= 0.6 is 0 Å². The first-order valence-corrected chi connectivity index (χ1v) is 24.2. The number of nitrogens with zero attached hydrogens (tertiary/aromatic N) is 5. The molecule has 16 nitrogen and oxygen atoms in total. The molecule has 2 aromatic heterocycles. The van der Waals surface area contributed by atoms with Gasteiger partial charge in [-0.2, -0.15) is 0 Å². The van der Waals surface area contributed by atoms with Crippen molar-refractivity contribution in [3.8, 4) is 28.1 Å². The summed E-state index contributed by atoms with van der Waals surface area (Å²) in [5.74, 6) is -2.56. The number of carbonyl (C=O) groups excluding carboxylic acids is 5. The number of nitrogens with one attached hydrogen (secondary N) is 3. The Hall–Kier alpha value is -5.84. The van der Waals surface area contributed by atoms with E-state index < -0.39 is 47.2 Å². The second kappa shape index (κ2) is 19.6. The van der Waals surface area contributed by atoms with Crippen LogP contribution in [0.2, 0.25) is 0 Å². The normalized spacial score (nSPS) is 23.8. The second-order valence-electron chi connectivity index (χ2n) is 20.3. The molecule has 4 N–H and O–H groups in total. The topological polar surface area (TPSA) is 198 Å². The van der Waals surface area contributed by atoms with Crippen molar-refractivity contribution in [1.29, 1.82) is 0 Å². The first-order chi connectivity index (χ1) is 32.4. The van der Waals surface area contributed by atoms with Crippen molar-refractivity contribution in [3.63, 3.8) is 0 Å². The third kappa shape index (κ3) is 9.72. The molecule has 4 aromatic rings. The van der Waals surface area contributed by atoms with Gasteiger partial charge < -0.3 is 39.6 Å². The number of hydrazine groups is 1. The van der Waals surface area contributed by atoms with Crippen LogP contribution in [0.1, 0.15) is 90.7 Å². The summed E-state index contributed by atoms with van der Waals surface area (Å²) in [6, 6.07) is 12.0. The fourth-order valence-electron chi connectivity index (χ4n) is 10.7.